The zero-order chi connectivity index (χ0) is 21.4. The van der Waals surface area contributed by atoms with E-state index in [1.807, 2.05) is 26.8 Å². The lowest BCUT2D eigenvalue weighted by molar-refractivity contribution is -0.117. The highest BCUT2D eigenvalue weighted by atomic mass is 16.2. The lowest BCUT2D eigenvalue weighted by atomic mass is 10.0. The largest absolute Gasteiger partial charge is 0.402 e. The molecule has 1 aromatic rings. The van der Waals surface area contributed by atoms with Gasteiger partial charge in [0.05, 0.1) is 0 Å². The highest BCUT2D eigenvalue weighted by Crippen LogP contribution is 2.26. The van der Waals surface area contributed by atoms with E-state index in [4.69, 9.17) is 11.1 Å². The SMILES string of the molecule is C/C(N)=C/C(=N)C(C)C.Cc1cc(C(=O)N(C)C)cc(C2CCN(C=O)C2)n1. The minimum absolute atomic E-state index is 0.0167. The number of hydrogen-bond donors (Lipinski definition) is 2. The molecular formula is C21H33N5O2. The van der Waals surface area contributed by atoms with E-state index in [1.54, 1.807) is 43.0 Å². The van der Waals surface area contributed by atoms with Crippen molar-refractivity contribution in [3.63, 3.8) is 0 Å². The monoisotopic (exact) mass is 387 g/mol. The van der Waals surface area contributed by atoms with E-state index in [9.17, 15) is 9.59 Å². The standard InChI is InChI=1S/C14H19N3O2.C7H14N2/c1-10-6-12(14(19)16(2)3)7-13(15-10)11-4-5-17(8-11)9-18;1-5(2)7(9)4-6(3)8/h6-7,9,11H,4-5,8H2,1-3H3;4-5,9H,8H2,1-3H3/b;6-4-,9-7?. The minimum Gasteiger partial charge on any atom is -0.402 e. The smallest absolute Gasteiger partial charge is 0.253 e. The van der Waals surface area contributed by atoms with Gasteiger partial charge in [0.25, 0.3) is 5.91 Å². The predicted molar refractivity (Wildman–Crippen MR) is 112 cm³/mol. The van der Waals surface area contributed by atoms with Gasteiger partial charge in [0.1, 0.15) is 0 Å². The number of nitrogens with one attached hydrogen (secondary N) is 1. The Hall–Kier alpha value is -2.70. The molecule has 0 radical (unpaired) electrons. The molecule has 0 aliphatic carbocycles. The lowest BCUT2D eigenvalue weighted by Gasteiger charge is -2.15. The average molecular weight is 388 g/mol. The van der Waals surface area contributed by atoms with Crippen LogP contribution in [0.25, 0.3) is 0 Å². The number of amides is 2. The number of hydrogen-bond acceptors (Lipinski definition) is 5. The van der Waals surface area contributed by atoms with E-state index in [2.05, 4.69) is 4.98 Å². The van der Waals surface area contributed by atoms with Crippen molar-refractivity contribution >= 4 is 18.0 Å². The van der Waals surface area contributed by atoms with Crippen LogP contribution in [0, 0.1) is 18.3 Å². The summed E-state index contributed by atoms with van der Waals surface area (Å²) in [4.78, 5) is 30.6. The first-order valence-corrected chi connectivity index (χ1v) is 9.47. The number of carbonyl (C=O) groups is 2. The van der Waals surface area contributed by atoms with Gasteiger partial charge in [-0.1, -0.05) is 13.8 Å². The normalized spacial score (nSPS) is 16.5. The number of likely N-dealkylation sites (tertiary alicyclic amines) is 1. The summed E-state index contributed by atoms with van der Waals surface area (Å²) in [7, 11) is 3.48. The van der Waals surface area contributed by atoms with Crippen LogP contribution in [-0.2, 0) is 4.79 Å². The highest BCUT2D eigenvalue weighted by Gasteiger charge is 2.25. The Morgan fingerprint density at radius 1 is 1.39 bits per heavy atom. The Morgan fingerprint density at radius 3 is 2.46 bits per heavy atom. The third-order valence-corrected chi connectivity index (χ3v) is 4.42. The van der Waals surface area contributed by atoms with Gasteiger partial charge in [0.15, 0.2) is 0 Å². The molecule has 0 saturated carbocycles. The van der Waals surface area contributed by atoms with Crippen LogP contribution in [-0.4, -0.2) is 60.0 Å². The lowest BCUT2D eigenvalue weighted by Crippen LogP contribution is -2.22. The second kappa shape index (κ2) is 10.6. The quantitative estimate of drug-likeness (QED) is 0.598. The molecule has 7 heteroatoms. The Labute approximate surface area is 168 Å². The number of aromatic nitrogens is 1. The van der Waals surface area contributed by atoms with Gasteiger partial charge in [-0.05, 0) is 44.4 Å². The fourth-order valence-corrected chi connectivity index (χ4v) is 2.82. The summed E-state index contributed by atoms with van der Waals surface area (Å²) in [5.74, 6) is 0.499. The van der Waals surface area contributed by atoms with Gasteiger partial charge in [-0.2, -0.15) is 0 Å². The maximum atomic E-state index is 12.0. The Balaban J connectivity index is 0.000000370. The molecule has 1 saturated heterocycles. The molecular weight excluding hydrogens is 354 g/mol. The van der Waals surface area contributed by atoms with Crippen molar-refractivity contribution in [3.05, 3.63) is 40.9 Å². The van der Waals surface area contributed by atoms with E-state index in [-0.39, 0.29) is 17.7 Å². The molecule has 28 heavy (non-hydrogen) atoms. The summed E-state index contributed by atoms with van der Waals surface area (Å²) < 4.78 is 0. The van der Waals surface area contributed by atoms with Crippen molar-refractivity contribution in [2.24, 2.45) is 11.7 Å². The number of pyridine rings is 1. The first kappa shape index (κ1) is 23.3. The van der Waals surface area contributed by atoms with Crippen molar-refractivity contribution in [1.29, 1.82) is 5.41 Å². The van der Waals surface area contributed by atoms with Crippen LogP contribution >= 0.6 is 0 Å². The number of aryl methyl sites for hydroxylation is 1. The molecule has 1 aliphatic heterocycles. The van der Waals surface area contributed by atoms with Gasteiger partial charge in [-0.25, -0.2) is 0 Å². The summed E-state index contributed by atoms with van der Waals surface area (Å²) in [6, 6.07) is 3.66. The molecule has 1 fully saturated rings. The van der Waals surface area contributed by atoms with E-state index < -0.39 is 0 Å². The van der Waals surface area contributed by atoms with Crippen LogP contribution < -0.4 is 5.73 Å². The molecule has 2 amide bonds. The Morgan fingerprint density at radius 2 is 2.04 bits per heavy atom. The third kappa shape index (κ3) is 7.13. The topological polar surface area (TPSA) is 103 Å². The van der Waals surface area contributed by atoms with Crippen molar-refractivity contribution in [2.75, 3.05) is 27.2 Å². The molecule has 1 unspecified atom stereocenters. The van der Waals surface area contributed by atoms with Crippen LogP contribution in [0.15, 0.2) is 23.9 Å². The van der Waals surface area contributed by atoms with Gasteiger partial charge in [0.2, 0.25) is 6.41 Å². The van der Waals surface area contributed by atoms with Crippen molar-refractivity contribution in [1.82, 2.24) is 14.8 Å². The van der Waals surface area contributed by atoms with Gasteiger partial charge >= 0.3 is 0 Å². The fourth-order valence-electron chi connectivity index (χ4n) is 2.82. The van der Waals surface area contributed by atoms with Crippen LogP contribution in [0.2, 0.25) is 0 Å². The van der Waals surface area contributed by atoms with Gasteiger partial charge in [0, 0.05) is 61.5 Å². The Kier molecular flexibility index (Phi) is 8.82. The van der Waals surface area contributed by atoms with E-state index in [0.29, 0.717) is 23.5 Å². The average Bonchev–Trinajstić information content (AvgIpc) is 3.09. The zero-order valence-electron chi connectivity index (χ0n) is 17.8. The molecule has 3 N–H and O–H groups in total. The van der Waals surface area contributed by atoms with Crippen molar-refractivity contribution in [2.45, 2.75) is 40.0 Å². The summed E-state index contributed by atoms with van der Waals surface area (Å²) >= 11 is 0. The summed E-state index contributed by atoms with van der Waals surface area (Å²) in [6.45, 7) is 9.08. The summed E-state index contributed by atoms with van der Waals surface area (Å²) in [5.41, 5.74) is 9.06. The second-order valence-corrected chi connectivity index (χ2v) is 7.71. The van der Waals surface area contributed by atoms with Crippen molar-refractivity contribution in [3.8, 4) is 0 Å². The first-order chi connectivity index (χ1) is 13.0. The second-order valence-electron chi connectivity index (χ2n) is 7.71. The van der Waals surface area contributed by atoms with Crippen molar-refractivity contribution < 1.29 is 9.59 Å². The van der Waals surface area contributed by atoms with Crippen LogP contribution in [0.4, 0.5) is 0 Å². The predicted octanol–water partition coefficient (Wildman–Crippen LogP) is 2.56. The van der Waals surface area contributed by atoms with Crippen LogP contribution in [0.3, 0.4) is 0 Å². The zero-order valence-corrected chi connectivity index (χ0v) is 17.8. The molecule has 1 aromatic heterocycles. The maximum Gasteiger partial charge on any atom is 0.253 e. The molecule has 0 spiro atoms. The molecule has 7 nitrogen and oxygen atoms in total. The van der Waals surface area contributed by atoms with Crippen LogP contribution in [0.5, 0.6) is 0 Å². The Bertz CT molecular complexity index is 736. The molecule has 1 atom stereocenters. The maximum absolute atomic E-state index is 12.0. The number of nitrogens with two attached hydrogens (primary N) is 1. The third-order valence-electron chi connectivity index (χ3n) is 4.42. The molecule has 0 bridgehead atoms. The number of nitrogens with zero attached hydrogens (tertiary/aromatic N) is 3. The molecule has 154 valence electrons. The van der Waals surface area contributed by atoms with Gasteiger partial charge < -0.3 is 20.9 Å². The highest BCUT2D eigenvalue weighted by molar-refractivity contribution is 5.94. The van der Waals surface area contributed by atoms with E-state index >= 15 is 0 Å². The van der Waals surface area contributed by atoms with E-state index in [0.717, 1.165) is 30.8 Å². The number of rotatable bonds is 5. The number of allylic oxidation sites excluding steroid dienone is 2. The van der Waals surface area contributed by atoms with E-state index in [1.165, 1.54) is 0 Å². The minimum atomic E-state index is -0.0167. The number of carbonyl (C=O) groups excluding carboxylic acids is 2. The summed E-state index contributed by atoms with van der Waals surface area (Å²) in [5, 5.41) is 7.32. The first-order valence-electron chi connectivity index (χ1n) is 9.47. The molecule has 0 aromatic carbocycles. The fraction of sp³-hybridized carbons (Fsp3) is 0.524. The molecule has 2 heterocycles. The molecule has 1 aliphatic rings. The summed E-state index contributed by atoms with van der Waals surface area (Å²) in [6.07, 6.45) is 3.47. The van der Waals surface area contributed by atoms with Crippen LogP contribution in [0.1, 0.15) is 54.9 Å². The molecule has 2 rings (SSSR count). The van der Waals surface area contributed by atoms with Gasteiger partial charge in [-0.3, -0.25) is 14.6 Å². The van der Waals surface area contributed by atoms with Gasteiger partial charge in [-0.15, -0.1) is 0 Å².